The number of ether oxygens (including phenoxy) is 2. The van der Waals surface area contributed by atoms with Crippen LogP contribution in [0.1, 0.15) is 45.4 Å². The van der Waals surface area contributed by atoms with E-state index < -0.39 is 12.2 Å². The van der Waals surface area contributed by atoms with Gasteiger partial charge in [-0.3, -0.25) is 9.59 Å². The lowest BCUT2D eigenvalue weighted by Crippen LogP contribution is -2.38. The van der Waals surface area contributed by atoms with Crippen molar-refractivity contribution in [2.45, 2.75) is 57.7 Å². The van der Waals surface area contributed by atoms with Gasteiger partial charge in [0.15, 0.2) is 0 Å². The minimum Gasteiger partial charge on any atom is -0.465 e. The molecule has 1 saturated carbocycles. The molecule has 4 atom stereocenters. The highest BCUT2D eigenvalue weighted by Crippen LogP contribution is 2.28. The molecule has 21 heavy (non-hydrogen) atoms. The Hall–Kier alpha value is -1.36. The Morgan fingerprint density at radius 2 is 2.05 bits per heavy atom. The van der Waals surface area contributed by atoms with E-state index in [0.29, 0.717) is 19.4 Å². The van der Waals surface area contributed by atoms with Gasteiger partial charge in [0.05, 0.1) is 18.6 Å². The second-order valence-corrected chi connectivity index (χ2v) is 6.01. The summed E-state index contributed by atoms with van der Waals surface area (Å²) in [5, 5.41) is 9.98. The molecular formula is C16H24O5. The van der Waals surface area contributed by atoms with Crippen LogP contribution in [0.5, 0.6) is 0 Å². The van der Waals surface area contributed by atoms with E-state index in [-0.39, 0.29) is 23.8 Å². The number of aliphatic hydroxyl groups excluding tert-OH is 1. The van der Waals surface area contributed by atoms with E-state index in [1.807, 2.05) is 6.08 Å². The molecule has 5 heteroatoms. The van der Waals surface area contributed by atoms with E-state index in [1.165, 1.54) is 6.92 Å². The minimum atomic E-state index is -0.663. The van der Waals surface area contributed by atoms with Crippen molar-refractivity contribution in [3.63, 3.8) is 0 Å². The lowest BCUT2D eigenvalue weighted by molar-refractivity contribution is -0.158. The molecule has 0 amide bonds. The molecule has 118 valence electrons. The van der Waals surface area contributed by atoms with Crippen molar-refractivity contribution in [2.24, 2.45) is 11.8 Å². The summed E-state index contributed by atoms with van der Waals surface area (Å²) in [6.45, 7) is 1.70. The first-order valence-corrected chi connectivity index (χ1v) is 7.73. The molecule has 0 saturated heterocycles. The van der Waals surface area contributed by atoms with Crippen molar-refractivity contribution >= 4 is 11.9 Å². The molecule has 0 aromatic heterocycles. The Morgan fingerprint density at radius 3 is 2.67 bits per heavy atom. The fourth-order valence-corrected chi connectivity index (χ4v) is 3.03. The topological polar surface area (TPSA) is 72.8 Å². The van der Waals surface area contributed by atoms with Crippen LogP contribution in [-0.2, 0) is 19.1 Å². The van der Waals surface area contributed by atoms with E-state index >= 15 is 0 Å². The SMILES string of the molecule is CC(=O)OC1CCC(COC(=O)C2CC=CCC2)CC1O. The van der Waals surface area contributed by atoms with E-state index in [9.17, 15) is 14.7 Å². The predicted octanol–water partition coefficient (Wildman–Crippen LogP) is 1.98. The number of aliphatic hydroxyl groups is 1. The lowest BCUT2D eigenvalue weighted by atomic mass is 9.85. The quantitative estimate of drug-likeness (QED) is 0.634. The zero-order chi connectivity index (χ0) is 15.2. The first kappa shape index (κ1) is 16.0. The summed E-state index contributed by atoms with van der Waals surface area (Å²) in [7, 11) is 0. The highest BCUT2D eigenvalue weighted by Gasteiger charge is 2.32. The molecule has 1 N–H and O–H groups in total. The third-order valence-corrected chi connectivity index (χ3v) is 4.24. The van der Waals surface area contributed by atoms with Crippen molar-refractivity contribution < 1.29 is 24.2 Å². The highest BCUT2D eigenvalue weighted by molar-refractivity contribution is 5.72. The van der Waals surface area contributed by atoms with Crippen LogP contribution < -0.4 is 0 Å². The maximum Gasteiger partial charge on any atom is 0.309 e. The van der Waals surface area contributed by atoms with Gasteiger partial charge in [-0.1, -0.05) is 12.2 Å². The monoisotopic (exact) mass is 296 g/mol. The summed E-state index contributed by atoms with van der Waals surface area (Å²) in [5.41, 5.74) is 0. The molecule has 0 spiro atoms. The van der Waals surface area contributed by atoms with E-state index in [4.69, 9.17) is 9.47 Å². The number of carbonyl (C=O) groups excluding carboxylic acids is 2. The van der Waals surface area contributed by atoms with E-state index in [0.717, 1.165) is 25.7 Å². The molecule has 0 heterocycles. The predicted molar refractivity (Wildman–Crippen MR) is 76.3 cm³/mol. The van der Waals surface area contributed by atoms with Gasteiger partial charge in [-0.05, 0) is 44.4 Å². The van der Waals surface area contributed by atoms with Gasteiger partial charge >= 0.3 is 11.9 Å². The van der Waals surface area contributed by atoms with Crippen LogP contribution in [0.3, 0.4) is 0 Å². The van der Waals surface area contributed by atoms with E-state index in [2.05, 4.69) is 6.08 Å². The zero-order valence-electron chi connectivity index (χ0n) is 12.5. The third-order valence-electron chi connectivity index (χ3n) is 4.24. The molecule has 0 aromatic rings. The highest BCUT2D eigenvalue weighted by atomic mass is 16.6. The maximum absolute atomic E-state index is 11.9. The van der Waals surface area contributed by atoms with Crippen LogP contribution in [0.2, 0.25) is 0 Å². The summed E-state index contributed by atoms with van der Waals surface area (Å²) < 4.78 is 10.5. The van der Waals surface area contributed by atoms with Gasteiger partial charge in [0.2, 0.25) is 0 Å². The van der Waals surface area contributed by atoms with Gasteiger partial charge < -0.3 is 14.6 Å². The first-order chi connectivity index (χ1) is 10.1. The Labute approximate surface area is 125 Å². The van der Waals surface area contributed by atoms with Crippen molar-refractivity contribution in [1.82, 2.24) is 0 Å². The molecule has 0 bridgehead atoms. The first-order valence-electron chi connectivity index (χ1n) is 7.73. The summed E-state index contributed by atoms with van der Waals surface area (Å²) in [5.74, 6) is -0.363. The number of carbonyl (C=O) groups is 2. The number of allylic oxidation sites excluding steroid dienone is 2. The van der Waals surface area contributed by atoms with Gasteiger partial charge in [-0.25, -0.2) is 0 Å². The second-order valence-electron chi connectivity index (χ2n) is 6.01. The minimum absolute atomic E-state index is 0.0164. The average Bonchev–Trinajstić information content (AvgIpc) is 2.48. The van der Waals surface area contributed by atoms with Crippen LogP contribution in [0, 0.1) is 11.8 Å². The van der Waals surface area contributed by atoms with Gasteiger partial charge in [0, 0.05) is 6.92 Å². The molecule has 2 rings (SSSR count). The van der Waals surface area contributed by atoms with Crippen LogP contribution in [0.15, 0.2) is 12.2 Å². The normalized spacial score (nSPS) is 32.5. The fourth-order valence-electron chi connectivity index (χ4n) is 3.03. The van der Waals surface area contributed by atoms with Crippen molar-refractivity contribution in [1.29, 1.82) is 0 Å². The molecule has 5 nitrogen and oxygen atoms in total. The molecular weight excluding hydrogens is 272 g/mol. The molecule has 1 fully saturated rings. The fraction of sp³-hybridized carbons (Fsp3) is 0.750. The number of esters is 2. The molecule has 0 aromatic carbocycles. The molecule has 0 aliphatic heterocycles. The summed E-state index contributed by atoms with van der Waals surface area (Å²) >= 11 is 0. The van der Waals surface area contributed by atoms with Crippen molar-refractivity contribution in [2.75, 3.05) is 6.61 Å². The standard InChI is InChI=1S/C16H24O5/c1-11(17)21-15-8-7-12(9-14(15)18)10-20-16(19)13-5-3-2-4-6-13/h2-3,12-15,18H,4-10H2,1H3. The zero-order valence-corrected chi connectivity index (χ0v) is 12.5. The van der Waals surface area contributed by atoms with Gasteiger partial charge in [0.1, 0.15) is 6.10 Å². The van der Waals surface area contributed by atoms with E-state index in [1.54, 1.807) is 0 Å². The van der Waals surface area contributed by atoms with Crippen molar-refractivity contribution in [3.05, 3.63) is 12.2 Å². The average molecular weight is 296 g/mol. The smallest absolute Gasteiger partial charge is 0.309 e. The van der Waals surface area contributed by atoms with Crippen LogP contribution in [-0.4, -0.2) is 35.9 Å². The molecule has 4 unspecified atom stereocenters. The molecule has 2 aliphatic carbocycles. The van der Waals surface area contributed by atoms with Crippen molar-refractivity contribution in [3.8, 4) is 0 Å². The Balaban J connectivity index is 1.71. The number of hydrogen-bond acceptors (Lipinski definition) is 5. The molecule has 0 radical (unpaired) electrons. The summed E-state index contributed by atoms with van der Waals surface area (Å²) in [4.78, 5) is 22.9. The lowest BCUT2D eigenvalue weighted by Gasteiger charge is -2.32. The van der Waals surface area contributed by atoms with Gasteiger partial charge in [-0.2, -0.15) is 0 Å². The Bertz CT molecular complexity index is 403. The van der Waals surface area contributed by atoms with Crippen LogP contribution in [0.4, 0.5) is 0 Å². The molecule has 2 aliphatic rings. The second kappa shape index (κ2) is 7.59. The van der Waals surface area contributed by atoms with Crippen LogP contribution in [0.25, 0.3) is 0 Å². The summed E-state index contributed by atoms with van der Waals surface area (Å²) in [6.07, 6.45) is 7.53. The number of hydrogen-bond donors (Lipinski definition) is 1. The summed E-state index contributed by atoms with van der Waals surface area (Å²) in [6, 6.07) is 0. The third kappa shape index (κ3) is 4.84. The van der Waals surface area contributed by atoms with Gasteiger partial charge in [0.25, 0.3) is 0 Å². The Kier molecular flexibility index (Phi) is 5.79. The number of rotatable bonds is 4. The maximum atomic E-state index is 11.9. The van der Waals surface area contributed by atoms with Gasteiger partial charge in [-0.15, -0.1) is 0 Å². The van der Waals surface area contributed by atoms with Crippen LogP contribution >= 0.6 is 0 Å². The largest absolute Gasteiger partial charge is 0.465 e. The Morgan fingerprint density at radius 1 is 1.24 bits per heavy atom.